The number of piperidine rings is 1. The summed E-state index contributed by atoms with van der Waals surface area (Å²) in [7, 11) is 0. The first-order chi connectivity index (χ1) is 13.5. The van der Waals surface area contributed by atoms with Crippen molar-refractivity contribution in [2.24, 2.45) is 0 Å². The Kier molecular flexibility index (Phi) is 5.27. The molecule has 1 amide bonds. The molecule has 146 valence electrons. The number of nitrogens with zero attached hydrogens (tertiary/aromatic N) is 4. The molecule has 0 unspecified atom stereocenters. The van der Waals surface area contributed by atoms with Crippen LogP contribution in [0.1, 0.15) is 19.3 Å². The molecule has 2 aromatic heterocycles. The summed E-state index contributed by atoms with van der Waals surface area (Å²) in [5.41, 5.74) is 0.214. The van der Waals surface area contributed by atoms with Crippen LogP contribution < -0.4 is 15.8 Å². The lowest BCUT2D eigenvalue weighted by atomic mass is 10.1. The predicted molar refractivity (Wildman–Crippen MR) is 108 cm³/mol. The van der Waals surface area contributed by atoms with Crippen LogP contribution in [0.2, 0.25) is 5.02 Å². The van der Waals surface area contributed by atoms with Gasteiger partial charge in [-0.25, -0.2) is 9.37 Å². The first kappa shape index (κ1) is 18.8. The molecule has 0 atom stereocenters. The molecule has 10 heteroatoms. The van der Waals surface area contributed by atoms with Gasteiger partial charge in [-0.15, -0.1) is 0 Å². The number of benzene rings is 1. The molecule has 3 heterocycles. The summed E-state index contributed by atoms with van der Waals surface area (Å²) in [6.45, 7) is 1.58. The number of aromatic nitrogens is 3. The van der Waals surface area contributed by atoms with Crippen LogP contribution in [0.15, 0.2) is 29.3 Å². The lowest BCUT2D eigenvalue weighted by Crippen LogP contribution is -2.29. The van der Waals surface area contributed by atoms with Gasteiger partial charge in [-0.05, 0) is 37.5 Å². The number of fused-ring (bicyclic) bond motifs is 1. The van der Waals surface area contributed by atoms with Crippen molar-refractivity contribution in [2.75, 3.05) is 23.3 Å². The summed E-state index contributed by atoms with van der Waals surface area (Å²) in [6, 6.07) is 3.67. The van der Waals surface area contributed by atoms with E-state index in [0.717, 1.165) is 37.1 Å². The van der Waals surface area contributed by atoms with Gasteiger partial charge in [-0.2, -0.15) is 4.98 Å². The van der Waals surface area contributed by atoms with Crippen molar-refractivity contribution in [3.63, 3.8) is 0 Å². The van der Waals surface area contributed by atoms with Crippen molar-refractivity contribution in [1.29, 1.82) is 0 Å². The van der Waals surface area contributed by atoms with Crippen LogP contribution in [0.3, 0.4) is 0 Å². The second-order valence-corrected chi connectivity index (χ2v) is 7.93. The van der Waals surface area contributed by atoms with Crippen molar-refractivity contribution in [3.05, 3.63) is 45.7 Å². The minimum Gasteiger partial charge on any atom is -0.348 e. The minimum absolute atomic E-state index is 0.152. The number of thiazole rings is 1. The Morgan fingerprint density at radius 2 is 2.07 bits per heavy atom. The molecule has 0 saturated carbocycles. The van der Waals surface area contributed by atoms with E-state index < -0.39 is 11.7 Å². The normalized spacial score (nSPS) is 14.4. The molecular weight excluding hydrogens is 405 g/mol. The second kappa shape index (κ2) is 7.84. The van der Waals surface area contributed by atoms with Crippen LogP contribution >= 0.6 is 22.9 Å². The third-order valence-corrected chi connectivity index (χ3v) is 5.94. The van der Waals surface area contributed by atoms with Crippen molar-refractivity contribution in [3.8, 4) is 0 Å². The summed E-state index contributed by atoms with van der Waals surface area (Å²) < 4.78 is 15.0. The molecule has 28 heavy (non-hydrogen) atoms. The lowest BCUT2D eigenvalue weighted by Gasteiger charge is -2.25. The Hall–Kier alpha value is -2.52. The monoisotopic (exact) mass is 421 g/mol. The van der Waals surface area contributed by atoms with Crippen LogP contribution in [0.4, 0.5) is 15.2 Å². The summed E-state index contributed by atoms with van der Waals surface area (Å²) in [4.78, 5) is 35.9. The van der Waals surface area contributed by atoms with Gasteiger partial charge in [0, 0.05) is 13.1 Å². The smallest absolute Gasteiger partial charge is 0.273 e. The Labute approximate surface area is 168 Å². The van der Waals surface area contributed by atoms with Gasteiger partial charge in [-0.1, -0.05) is 22.9 Å². The van der Waals surface area contributed by atoms with E-state index in [0.29, 0.717) is 10.3 Å². The molecule has 3 aromatic rings. The highest BCUT2D eigenvalue weighted by Gasteiger charge is 2.18. The summed E-state index contributed by atoms with van der Waals surface area (Å²) in [5.74, 6) is -1.02. The van der Waals surface area contributed by atoms with E-state index in [4.69, 9.17) is 11.6 Å². The highest BCUT2D eigenvalue weighted by molar-refractivity contribution is 7.22. The number of carbonyl (C=O) groups excluding carboxylic acids is 1. The molecule has 1 aromatic carbocycles. The zero-order valence-electron chi connectivity index (χ0n) is 14.8. The first-order valence-corrected chi connectivity index (χ1v) is 10.1. The van der Waals surface area contributed by atoms with Gasteiger partial charge in [0.25, 0.3) is 5.56 Å². The van der Waals surface area contributed by atoms with Crippen LogP contribution in [-0.2, 0) is 11.3 Å². The Morgan fingerprint density at radius 1 is 1.29 bits per heavy atom. The maximum Gasteiger partial charge on any atom is 0.273 e. The number of rotatable bonds is 4. The molecule has 0 aliphatic carbocycles. The Balaban J connectivity index is 1.55. The number of anilines is 2. The third-order valence-electron chi connectivity index (χ3n) is 4.52. The van der Waals surface area contributed by atoms with Gasteiger partial charge in [-0.3, -0.25) is 14.2 Å². The van der Waals surface area contributed by atoms with Gasteiger partial charge in [0.15, 0.2) is 10.8 Å². The maximum atomic E-state index is 13.3. The zero-order valence-corrected chi connectivity index (χ0v) is 16.4. The molecule has 1 saturated heterocycles. The van der Waals surface area contributed by atoms with E-state index in [9.17, 15) is 14.0 Å². The van der Waals surface area contributed by atoms with E-state index in [-0.39, 0.29) is 22.8 Å². The number of nitrogens with one attached hydrogen (secondary N) is 1. The van der Waals surface area contributed by atoms with Crippen molar-refractivity contribution in [2.45, 2.75) is 25.8 Å². The van der Waals surface area contributed by atoms with E-state index in [2.05, 4.69) is 20.2 Å². The van der Waals surface area contributed by atoms with Gasteiger partial charge in [0.05, 0.1) is 10.7 Å². The number of amides is 1. The number of hydrogen-bond acceptors (Lipinski definition) is 6. The number of halogens is 2. The standard InChI is InChI=1S/C18H17ClFN5O2S/c19-12-5-4-11(20)8-13(12)22-14(26)9-25-10-21-16-15(17(25)27)28-18(23-16)24-6-2-1-3-7-24/h4-5,8,10H,1-3,6-7,9H2,(H,22,26). The minimum atomic E-state index is -0.519. The average Bonchev–Trinajstić information content (AvgIpc) is 3.13. The quantitative estimate of drug-likeness (QED) is 0.699. The molecule has 4 rings (SSSR count). The van der Waals surface area contributed by atoms with Crippen LogP contribution in [0.5, 0.6) is 0 Å². The van der Waals surface area contributed by atoms with E-state index >= 15 is 0 Å². The third kappa shape index (κ3) is 3.85. The molecule has 1 N–H and O–H groups in total. The molecule has 0 spiro atoms. The van der Waals surface area contributed by atoms with Gasteiger partial charge in [0.2, 0.25) is 5.91 Å². The van der Waals surface area contributed by atoms with Crippen molar-refractivity contribution < 1.29 is 9.18 Å². The number of carbonyl (C=O) groups is 1. The fraction of sp³-hybridized carbons (Fsp3) is 0.333. The second-order valence-electron chi connectivity index (χ2n) is 6.55. The zero-order chi connectivity index (χ0) is 19.7. The fourth-order valence-electron chi connectivity index (χ4n) is 3.11. The molecule has 0 bridgehead atoms. The Bertz CT molecular complexity index is 1090. The van der Waals surface area contributed by atoms with Crippen LogP contribution in [0.25, 0.3) is 10.3 Å². The molecule has 7 nitrogen and oxygen atoms in total. The molecule has 1 fully saturated rings. The maximum absolute atomic E-state index is 13.3. The van der Waals surface area contributed by atoms with Gasteiger partial charge >= 0.3 is 0 Å². The summed E-state index contributed by atoms with van der Waals surface area (Å²) in [6.07, 6.45) is 4.72. The lowest BCUT2D eigenvalue weighted by molar-refractivity contribution is -0.116. The summed E-state index contributed by atoms with van der Waals surface area (Å²) in [5, 5.41) is 3.51. The average molecular weight is 422 g/mol. The summed E-state index contributed by atoms with van der Waals surface area (Å²) >= 11 is 7.25. The fourth-order valence-corrected chi connectivity index (χ4v) is 4.29. The van der Waals surface area contributed by atoms with Gasteiger partial charge < -0.3 is 10.2 Å². The number of hydrogen-bond donors (Lipinski definition) is 1. The molecule has 1 aliphatic rings. The van der Waals surface area contributed by atoms with Crippen molar-refractivity contribution in [1.82, 2.24) is 14.5 Å². The highest BCUT2D eigenvalue weighted by Crippen LogP contribution is 2.27. The van der Waals surface area contributed by atoms with Crippen molar-refractivity contribution >= 4 is 50.0 Å². The predicted octanol–water partition coefficient (Wildman–Crippen LogP) is 3.27. The molecule has 0 radical (unpaired) electrons. The highest BCUT2D eigenvalue weighted by atomic mass is 35.5. The largest absolute Gasteiger partial charge is 0.348 e. The van der Waals surface area contributed by atoms with Crippen LogP contribution in [-0.4, -0.2) is 33.5 Å². The molecule has 1 aliphatic heterocycles. The topological polar surface area (TPSA) is 80.1 Å². The molecular formula is C18H17ClFN5O2S. The van der Waals surface area contributed by atoms with Crippen LogP contribution in [0, 0.1) is 5.82 Å². The first-order valence-electron chi connectivity index (χ1n) is 8.87. The van der Waals surface area contributed by atoms with E-state index in [1.165, 1.54) is 40.8 Å². The Morgan fingerprint density at radius 3 is 2.86 bits per heavy atom. The SMILES string of the molecule is O=C(Cn1cnc2nc(N3CCCCC3)sc2c1=O)Nc1cc(F)ccc1Cl. The van der Waals surface area contributed by atoms with E-state index in [1.807, 2.05) is 0 Å². The van der Waals surface area contributed by atoms with Gasteiger partial charge in [0.1, 0.15) is 23.4 Å². The van der Waals surface area contributed by atoms with E-state index in [1.54, 1.807) is 0 Å².